The summed E-state index contributed by atoms with van der Waals surface area (Å²) >= 11 is 0. The third-order valence-corrected chi connectivity index (χ3v) is 8.09. The molecule has 2 fully saturated rings. The molecule has 1 amide bonds. The number of halogens is 4. The Kier molecular flexibility index (Phi) is 8.16. The zero-order valence-electron chi connectivity index (χ0n) is 22.6. The molecule has 9 nitrogen and oxygen atoms in total. The minimum absolute atomic E-state index is 0.119. The SMILES string of the molecule is C[C@@H]1C[C@@H](O)c2ncnc(N3CCN(C(=O)[C@H](CN4CCN(C)CC4)c4ccc(OC(F)(F)F)c(F)c4)CC3)c21. The first-order chi connectivity index (χ1) is 19.0. The zero-order chi connectivity index (χ0) is 28.6. The molecule has 2 aliphatic heterocycles. The van der Waals surface area contributed by atoms with Gasteiger partial charge in [-0.1, -0.05) is 13.0 Å². The summed E-state index contributed by atoms with van der Waals surface area (Å²) in [5.41, 5.74) is 1.91. The number of rotatable bonds is 6. The molecule has 0 radical (unpaired) electrons. The number of piperazine rings is 2. The van der Waals surface area contributed by atoms with Gasteiger partial charge in [-0.05, 0) is 37.1 Å². The number of aliphatic hydroxyl groups excluding tert-OH is 1. The lowest BCUT2D eigenvalue weighted by Crippen LogP contribution is -2.52. The quantitative estimate of drug-likeness (QED) is 0.535. The van der Waals surface area contributed by atoms with Crippen LogP contribution in [0.1, 0.15) is 48.1 Å². The van der Waals surface area contributed by atoms with Gasteiger partial charge < -0.3 is 24.5 Å². The number of carbonyl (C=O) groups excluding carboxylic acids is 1. The second-order valence-corrected chi connectivity index (χ2v) is 10.9. The standard InChI is InChI=1S/C27H34F4N6O3/c1-17-13-21(38)24-23(17)25(33-16-32-24)36-9-11-37(12-10-36)26(39)19(15-35-7-5-34(2)6-8-35)18-3-4-22(20(28)14-18)40-27(29,30)31/h3-4,14,16-17,19,21,38H,5-13,15H2,1-2H3/t17-,19-,21-/m1/s1. The van der Waals surface area contributed by atoms with Crippen molar-refractivity contribution < 1.29 is 32.2 Å². The molecule has 5 rings (SSSR count). The van der Waals surface area contributed by atoms with Crippen LogP contribution in [0, 0.1) is 5.82 Å². The lowest BCUT2D eigenvalue weighted by molar-refractivity contribution is -0.275. The van der Waals surface area contributed by atoms with E-state index in [4.69, 9.17) is 0 Å². The van der Waals surface area contributed by atoms with Gasteiger partial charge in [-0.2, -0.15) is 0 Å². The van der Waals surface area contributed by atoms with Crippen LogP contribution in [0.15, 0.2) is 24.5 Å². The fraction of sp³-hybridized carbons (Fsp3) is 0.593. The van der Waals surface area contributed by atoms with Crippen molar-refractivity contribution in [2.75, 3.05) is 70.9 Å². The van der Waals surface area contributed by atoms with E-state index < -0.39 is 30.0 Å². The van der Waals surface area contributed by atoms with Gasteiger partial charge in [0, 0.05) is 64.5 Å². The summed E-state index contributed by atoms with van der Waals surface area (Å²) < 4.78 is 56.5. The summed E-state index contributed by atoms with van der Waals surface area (Å²) in [6, 6.07) is 3.26. The van der Waals surface area contributed by atoms with Gasteiger partial charge in [0.05, 0.1) is 17.7 Å². The number of ether oxygens (including phenoxy) is 1. The fourth-order valence-corrected chi connectivity index (χ4v) is 5.87. The lowest BCUT2D eigenvalue weighted by atomic mass is 9.95. The monoisotopic (exact) mass is 566 g/mol. The number of alkyl halides is 3. The number of carbonyl (C=O) groups is 1. The number of hydrogen-bond donors (Lipinski definition) is 1. The molecule has 3 atom stereocenters. The number of likely N-dealkylation sites (N-methyl/N-ethyl adjacent to an activating group) is 1. The molecule has 0 saturated carbocycles. The molecule has 0 unspecified atom stereocenters. The van der Waals surface area contributed by atoms with Crippen LogP contribution in [0.25, 0.3) is 0 Å². The Labute approximate surface area is 230 Å². The average molecular weight is 567 g/mol. The van der Waals surface area contributed by atoms with E-state index >= 15 is 0 Å². The van der Waals surface area contributed by atoms with Gasteiger partial charge in [-0.25, -0.2) is 14.4 Å². The van der Waals surface area contributed by atoms with Crippen molar-refractivity contribution in [3.63, 3.8) is 0 Å². The smallest absolute Gasteiger partial charge is 0.403 e. The van der Waals surface area contributed by atoms with E-state index in [1.807, 2.05) is 14.0 Å². The summed E-state index contributed by atoms with van der Waals surface area (Å²) in [4.78, 5) is 30.8. The molecule has 1 aromatic carbocycles. The number of benzene rings is 1. The van der Waals surface area contributed by atoms with Crippen LogP contribution in [-0.4, -0.2) is 108 Å². The Balaban J connectivity index is 1.33. The normalized spacial score (nSPS) is 23.3. The molecule has 1 aromatic heterocycles. The van der Waals surface area contributed by atoms with Crippen molar-refractivity contribution in [1.29, 1.82) is 0 Å². The maximum atomic E-state index is 14.7. The van der Waals surface area contributed by atoms with Crippen LogP contribution < -0.4 is 9.64 Å². The molecule has 2 aromatic rings. The highest BCUT2D eigenvalue weighted by Crippen LogP contribution is 2.43. The Morgan fingerprint density at radius 2 is 1.80 bits per heavy atom. The van der Waals surface area contributed by atoms with E-state index in [2.05, 4.69) is 29.4 Å². The molecule has 0 spiro atoms. The fourth-order valence-electron chi connectivity index (χ4n) is 5.87. The predicted molar refractivity (Wildman–Crippen MR) is 139 cm³/mol. The van der Waals surface area contributed by atoms with Crippen molar-refractivity contribution in [2.24, 2.45) is 0 Å². The Bertz CT molecular complexity index is 1220. The third-order valence-electron chi connectivity index (χ3n) is 8.09. The number of aliphatic hydroxyl groups is 1. The van der Waals surface area contributed by atoms with Gasteiger partial charge in [-0.15, -0.1) is 13.2 Å². The second kappa shape index (κ2) is 11.5. The van der Waals surface area contributed by atoms with Crippen LogP contribution in [-0.2, 0) is 4.79 Å². The van der Waals surface area contributed by atoms with Crippen molar-refractivity contribution in [2.45, 2.75) is 37.6 Å². The van der Waals surface area contributed by atoms with Gasteiger partial charge in [0.25, 0.3) is 0 Å². The molecule has 3 aliphatic rings. The van der Waals surface area contributed by atoms with Crippen LogP contribution in [0.5, 0.6) is 5.75 Å². The number of fused-ring (bicyclic) bond motifs is 1. The van der Waals surface area contributed by atoms with Gasteiger partial charge in [0.1, 0.15) is 12.1 Å². The highest BCUT2D eigenvalue weighted by atomic mass is 19.4. The summed E-state index contributed by atoms with van der Waals surface area (Å²) in [7, 11) is 2.02. The molecule has 3 heterocycles. The van der Waals surface area contributed by atoms with Crippen LogP contribution in [0.2, 0.25) is 0 Å². The molecule has 1 N–H and O–H groups in total. The molecular weight excluding hydrogens is 532 g/mol. The number of nitrogens with zero attached hydrogens (tertiary/aromatic N) is 6. The van der Waals surface area contributed by atoms with E-state index in [9.17, 15) is 27.5 Å². The van der Waals surface area contributed by atoms with E-state index in [-0.39, 0.29) is 11.8 Å². The minimum atomic E-state index is -5.02. The van der Waals surface area contributed by atoms with Crippen molar-refractivity contribution in [3.8, 4) is 5.75 Å². The van der Waals surface area contributed by atoms with E-state index in [1.165, 1.54) is 12.4 Å². The number of hydrogen-bond acceptors (Lipinski definition) is 8. The zero-order valence-corrected chi connectivity index (χ0v) is 22.6. The van der Waals surface area contributed by atoms with E-state index in [0.29, 0.717) is 50.4 Å². The largest absolute Gasteiger partial charge is 0.573 e. The second-order valence-electron chi connectivity index (χ2n) is 10.9. The molecule has 13 heteroatoms. The van der Waals surface area contributed by atoms with Gasteiger partial charge in [-0.3, -0.25) is 9.69 Å². The Hall–Kier alpha value is -3.03. The molecule has 218 valence electrons. The minimum Gasteiger partial charge on any atom is -0.403 e. The van der Waals surface area contributed by atoms with Crippen molar-refractivity contribution in [3.05, 3.63) is 47.2 Å². The Morgan fingerprint density at radius 3 is 2.45 bits per heavy atom. The van der Waals surface area contributed by atoms with Crippen LogP contribution in [0.4, 0.5) is 23.4 Å². The third kappa shape index (κ3) is 6.16. The Morgan fingerprint density at radius 1 is 1.10 bits per heavy atom. The summed E-state index contributed by atoms with van der Waals surface area (Å²) in [6.07, 6.45) is -3.58. The summed E-state index contributed by atoms with van der Waals surface area (Å²) in [6.45, 7) is 7.33. The van der Waals surface area contributed by atoms with Crippen molar-refractivity contribution >= 4 is 11.7 Å². The van der Waals surface area contributed by atoms with Crippen LogP contribution in [0.3, 0.4) is 0 Å². The summed E-state index contributed by atoms with van der Waals surface area (Å²) in [5.74, 6) is -2.13. The molecule has 1 aliphatic carbocycles. The lowest BCUT2D eigenvalue weighted by Gasteiger charge is -2.39. The molecule has 2 saturated heterocycles. The first kappa shape index (κ1) is 28.5. The number of aromatic nitrogens is 2. The predicted octanol–water partition coefficient (Wildman–Crippen LogP) is 2.73. The highest BCUT2D eigenvalue weighted by Gasteiger charge is 2.36. The van der Waals surface area contributed by atoms with Gasteiger partial charge >= 0.3 is 6.36 Å². The van der Waals surface area contributed by atoms with E-state index in [0.717, 1.165) is 49.7 Å². The first-order valence-electron chi connectivity index (χ1n) is 13.5. The molecule has 0 bridgehead atoms. The topological polar surface area (TPSA) is 85.3 Å². The molecule has 40 heavy (non-hydrogen) atoms. The summed E-state index contributed by atoms with van der Waals surface area (Å²) in [5, 5.41) is 10.3. The van der Waals surface area contributed by atoms with Gasteiger partial charge in [0.15, 0.2) is 11.6 Å². The average Bonchev–Trinajstić information content (AvgIpc) is 3.22. The first-order valence-corrected chi connectivity index (χ1v) is 13.5. The maximum Gasteiger partial charge on any atom is 0.573 e. The van der Waals surface area contributed by atoms with E-state index in [1.54, 1.807) is 4.90 Å². The van der Waals surface area contributed by atoms with Crippen molar-refractivity contribution in [1.82, 2.24) is 24.7 Å². The maximum absolute atomic E-state index is 14.7. The number of amides is 1. The van der Waals surface area contributed by atoms with Crippen LogP contribution >= 0.6 is 0 Å². The highest BCUT2D eigenvalue weighted by molar-refractivity contribution is 5.84. The number of anilines is 1. The van der Waals surface area contributed by atoms with Gasteiger partial charge in [0.2, 0.25) is 5.91 Å². The molecular formula is C27H34F4N6O3.